The molecule has 0 fully saturated rings. The van der Waals surface area contributed by atoms with Gasteiger partial charge in [-0.05, 0) is 26.8 Å². The fourth-order valence-corrected chi connectivity index (χ4v) is 1.76. The second-order valence-corrected chi connectivity index (χ2v) is 5.88. The molecule has 0 bridgehead atoms. The van der Waals surface area contributed by atoms with Gasteiger partial charge in [0.15, 0.2) is 0 Å². The third-order valence-electron chi connectivity index (χ3n) is 2.81. The van der Waals surface area contributed by atoms with Crippen LogP contribution in [0.15, 0.2) is 30.5 Å². The van der Waals surface area contributed by atoms with Gasteiger partial charge in [-0.1, -0.05) is 23.4 Å². The molecule has 0 unspecified atom stereocenters. The van der Waals surface area contributed by atoms with Gasteiger partial charge in [-0.3, -0.25) is 4.68 Å². The van der Waals surface area contributed by atoms with E-state index in [9.17, 15) is 0 Å². The summed E-state index contributed by atoms with van der Waals surface area (Å²) in [5.41, 5.74) is 2.05. The maximum atomic E-state index is 5.85. The van der Waals surface area contributed by atoms with Crippen LogP contribution >= 0.6 is 0 Å². The highest BCUT2D eigenvalue weighted by molar-refractivity contribution is 5.33. The molecule has 1 aromatic heterocycles. The Labute approximate surface area is 120 Å². The highest BCUT2D eigenvalue weighted by atomic mass is 16.5. The molecule has 0 radical (unpaired) electrons. The average Bonchev–Trinajstić information content (AvgIpc) is 2.80. The van der Waals surface area contributed by atoms with Crippen LogP contribution in [-0.2, 0) is 20.2 Å². The third-order valence-corrected chi connectivity index (χ3v) is 2.81. The standard InChI is InChI=1S/C15H22N4O/c1-15(2,3)16-9-12-7-5-6-8-14(12)20-11-13-10-19(4)18-17-13/h5-8,10,16H,9,11H2,1-4H3. The van der Waals surface area contributed by atoms with Crippen LogP contribution in [0.2, 0.25) is 0 Å². The number of aromatic nitrogens is 3. The number of hydrogen-bond acceptors (Lipinski definition) is 4. The van der Waals surface area contributed by atoms with Gasteiger partial charge in [-0.25, -0.2) is 0 Å². The Morgan fingerprint density at radius 1 is 1.25 bits per heavy atom. The summed E-state index contributed by atoms with van der Waals surface area (Å²) in [5.74, 6) is 0.884. The molecule has 0 saturated heterocycles. The van der Waals surface area contributed by atoms with Crippen molar-refractivity contribution >= 4 is 0 Å². The summed E-state index contributed by atoms with van der Waals surface area (Å²) in [7, 11) is 1.84. The maximum absolute atomic E-state index is 5.85. The third kappa shape index (κ3) is 4.35. The zero-order valence-electron chi connectivity index (χ0n) is 12.6. The summed E-state index contributed by atoms with van der Waals surface area (Å²) in [5, 5.41) is 11.4. The predicted octanol–water partition coefficient (Wildman–Crippen LogP) is 2.28. The predicted molar refractivity (Wildman–Crippen MR) is 78.4 cm³/mol. The molecule has 5 nitrogen and oxygen atoms in total. The minimum Gasteiger partial charge on any atom is -0.487 e. The Bertz CT molecular complexity index is 557. The van der Waals surface area contributed by atoms with E-state index < -0.39 is 0 Å². The molecule has 1 heterocycles. The second kappa shape index (κ2) is 6.05. The molecule has 5 heteroatoms. The minimum absolute atomic E-state index is 0.0814. The molecule has 20 heavy (non-hydrogen) atoms. The maximum Gasteiger partial charge on any atom is 0.134 e. The first-order valence-corrected chi connectivity index (χ1v) is 6.75. The summed E-state index contributed by atoms with van der Waals surface area (Å²) < 4.78 is 7.52. The number of benzene rings is 1. The lowest BCUT2D eigenvalue weighted by molar-refractivity contribution is 0.295. The molecule has 1 aromatic carbocycles. The molecule has 0 amide bonds. The van der Waals surface area contributed by atoms with E-state index >= 15 is 0 Å². The smallest absolute Gasteiger partial charge is 0.134 e. The van der Waals surface area contributed by atoms with Crippen LogP contribution in [0.1, 0.15) is 32.0 Å². The second-order valence-electron chi connectivity index (χ2n) is 5.88. The van der Waals surface area contributed by atoms with Crippen LogP contribution in [0.4, 0.5) is 0 Å². The highest BCUT2D eigenvalue weighted by Crippen LogP contribution is 2.19. The Kier molecular flexibility index (Phi) is 4.39. The lowest BCUT2D eigenvalue weighted by atomic mass is 10.1. The van der Waals surface area contributed by atoms with Crippen molar-refractivity contribution < 1.29 is 4.74 Å². The number of para-hydroxylation sites is 1. The number of ether oxygens (including phenoxy) is 1. The van der Waals surface area contributed by atoms with E-state index in [4.69, 9.17) is 4.74 Å². The van der Waals surface area contributed by atoms with Gasteiger partial charge in [-0.2, -0.15) is 0 Å². The Morgan fingerprint density at radius 2 is 2.00 bits per heavy atom. The van der Waals surface area contributed by atoms with Crippen LogP contribution < -0.4 is 10.1 Å². The molecule has 0 aliphatic rings. The molecule has 0 aliphatic heterocycles. The summed E-state index contributed by atoms with van der Waals surface area (Å²) in [6.45, 7) is 7.66. The molecule has 0 saturated carbocycles. The van der Waals surface area contributed by atoms with Crippen molar-refractivity contribution in [2.24, 2.45) is 7.05 Å². The summed E-state index contributed by atoms with van der Waals surface area (Å²) in [6, 6.07) is 8.06. The Morgan fingerprint density at radius 3 is 2.65 bits per heavy atom. The van der Waals surface area contributed by atoms with Crippen molar-refractivity contribution in [2.75, 3.05) is 0 Å². The molecular weight excluding hydrogens is 252 g/mol. The zero-order valence-corrected chi connectivity index (χ0v) is 12.6. The van der Waals surface area contributed by atoms with Gasteiger partial charge in [-0.15, -0.1) is 5.10 Å². The van der Waals surface area contributed by atoms with Crippen LogP contribution in [-0.4, -0.2) is 20.5 Å². The van der Waals surface area contributed by atoms with Crippen molar-refractivity contribution in [2.45, 2.75) is 39.5 Å². The molecule has 108 valence electrons. The van der Waals surface area contributed by atoms with E-state index in [-0.39, 0.29) is 5.54 Å². The summed E-state index contributed by atoms with van der Waals surface area (Å²) in [6.07, 6.45) is 1.86. The Balaban J connectivity index is 2.00. The van der Waals surface area contributed by atoms with Crippen LogP contribution in [0, 0.1) is 0 Å². The van der Waals surface area contributed by atoms with Crippen molar-refractivity contribution in [3.05, 3.63) is 41.7 Å². The van der Waals surface area contributed by atoms with E-state index in [1.54, 1.807) is 4.68 Å². The minimum atomic E-state index is 0.0814. The molecular formula is C15H22N4O. The van der Waals surface area contributed by atoms with Crippen molar-refractivity contribution in [3.8, 4) is 5.75 Å². The van der Waals surface area contributed by atoms with E-state index in [0.29, 0.717) is 6.61 Å². The summed E-state index contributed by atoms with van der Waals surface area (Å²) in [4.78, 5) is 0. The average molecular weight is 274 g/mol. The van der Waals surface area contributed by atoms with Gasteiger partial charge in [0, 0.05) is 24.7 Å². The molecule has 0 aliphatic carbocycles. The zero-order chi connectivity index (χ0) is 14.6. The SMILES string of the molecule is Cn1cc(COc2ccccc2CNC(C)(C)C)nn1. The first-order valence-electron chi connectivity index (χ1n) is 6.75. The van der Waals surface area contributed by atoms with Crippen molar-refractivity contribution in [1.82, 2.24) is 20.3 Å². The first-order chi connectivity index (χ1) is 9.44. The number of hydrogen-bond donors (Lipinski definition) is 1. The van der Waals surface area contributed by atoms with E-state index in [1.165, 1.54) is 0 Å². The lowest BCUT2D eigenvalue weighted by Crippen LogP contribution is -2.35. The molecule has 0 spiro atoms. The van der Waals surface area contributed by atoms with E-state index in [1.807, 2.05) is 31.4 Å². The quantitative estimate of drug-likeness (QED) is 0.909. The van der Waals surface area contributed by atoms with Crippen LogP contribution in [0.3, 0.4) is 0 Å². The lowest BCUT2D eigenvalue weighted by Gasteiger charge is -2.21. The molecule has 2 rings (SSSR count). The topological polar surface area (TPSA) is 52.0 Å². The normalized spacial score (nSPS) is 11.6. The molecule has 1 N–H and O–H groups in total. The Hall–Kier alpha value is -1.88. The van der Waals surface area contributed by atoms with Crippen molar-refractivity contribution in [3.63, 3.8) is 0 Å². The molecule has 2 aromatic rings. The van der Waals surface area contributed by atoms with E-state index in [0.717, 1.165) is 23.6 Å². The molecule has 0 atom stereocenters. The van der Waals surface area contributed by atoms with Crippen LogP contribution in [0.25, 0.3) is 0 Å². The monoisotopic (exact) mass is 274 g/mol. The number of nitrogens with one attached hydrogen (secondary N) is 1. The fraction of sp³-hybridized carbons (Fsp3) is 0.467. The first kappa shape index (κ1) is 14.5. The fourth-order valence-electron chi connectivity index (χ4n) is 1.76. The van der Waals surface area contributed by atoms with Gasteiger partial charge >= 0.3 is 0 Å². The van der Waals surface area contributed by atoms with Gasteiger partial charge < -0.3 is 10.1 Å². The largest absolute Gasteiger partial charge is 0.487 e. The summed E-state index contributed by atoms with van der Waals surface area (Å²) >= 11 is 0. The van der Waals surface area contributed by atoms with Gasteiger partial charge in [0.1, 0.15) is 18.1 Å². The number of aryl methyl sites for hydroxylation is 1. The van der Waals surface area contributed by atoms with Crippen molar-refractivity contribution in [1.29, 1.82) is 0 Å². The van der Waals surface area contributed by atoms with Crippen LogP contribution in [0.5, 0.6) is 5.75 Å². The highest BCUT2D eigenvalue weighted by Gasteiger charge is 2.11. The van der Waals surface area contributed by atoms with E-state index in [2.05, 4.69) is 42.5 Å². The van der Waals surface area contributed by atoms with Gasteiger partial charge in [0.2, 0.25) is 0 Å². The number of nitrogens with zero attached hydrogens (tertiary/aromatic N) is 3. The van der Waals surface area contributed by atoms with Gasteiger partial charge in [0.25, 0.3) is 0 Å². The number of rotatable bonds is 5. The van der Waals surface area contributed by atoms with Gasteiger partial charge in [0.05, 0.1) is 6.20 Å².